The van der Waals surface area contributed by atoms with E-state index in [2.05, 4.69) is 19.7 Å². The Kier molecular flexibility index (Phi) is 3.27. The molecule has 6 nitrogen and oxygen atoms in total. The molecule has 1 aliphatic heterocycles. The molecule has 1 fully saturated rings. The number of nitrogens with one attached hydrogen (secondary N) is 1. The number of piperazine rings is 1. The summed E-state index contributed by atoms with van der Waals surface area (Å²) in [6.45, 7) is 3.61. The zero-order valence-corrected chi connectivity index (χ0v) is 10.9. The van der Waals surface area contributed by atoms with Gasteiger partial charge in [0.2, 0.25) is 6.39 Å². The number of hydrogen-bond donors (Lipinski definition) is 1. The van der Waals surface area contributed by atoms with Crippen LogP contribution >= 0.6 is 11.6 Å². The van der Waals surface area contributed by atoms with Crippen LogP contribution in [0.5, 0.6) is 0 Å². The SMILES string of the molecule is O=c1ocnn1-c1ccc(Cl)c(N2CCNCC2)c1. The highest BCUT2D eigenvalue weighted by Crippen LogP contribution is 2.28. The standard InChI is InChI=1S/C12H13ClN4O2/c13-10-2-1-9(17-12(18)19-8-15-17)7-11(10)16-5-3-14-4-6-16/h1-2,7-8,14H,3-6H2. The van der Waals surface area contributed by atoms with Crippen LogP contribution in [0.25, 0.3) is 5.69 Å². The largest absolute Gasteiger partial charge is 0.441 e. The van der Waals surface area contributed by atoms with Crippen LogP contribution in [0.1, 0.15) is 0 Å². The average molecular weight is 281 g/mol. The van der Waals surface area contributed by atoms with Gasteiger partial charge >= 0.3 is 5.76 Å². The second-order valence-electron chi connectivity index (χ2n) is 4.29. The number of anilines is 1. The topological polar surface area (TPSA) is 63.3 Å². The average Bonchev–Trinajstić information content (AvgIpc) is 2.87. The van der Waals surface area contributed by atoms with Gasteiger partial charge in [-0.1, -0.05) is 11.6 Å². The van der Waals surface area contributed by atoms with Gasteiger partial charge in [-0.15, -0.1) is 5.10 Å². The third-order valence-electron chi connectivity index (χ3n) is 3.12. The molecule has 0 amide bonds. The zero-order chi connectivity index (χ0) is 13.2. The Balaban J connectivity index is 2.00. The van der Waals surface area contributed by atoms with Gasteiger partial charge in [-0.05, 0) is 18.2 Å². The van der Waals surface area contributed by atoms with Crippen molar-refractivity contribution in [3.63, 3.8) is 0 Å². The fourth-order valence-electron chi connectivity index (χ4n) is 2.17. The molecule has 0 radical (unpaired) electrons. The van der Waals surface area contributed by atoms with E-state index in [4.69, 9.17) is 11.6 Å². The number of nitrogens with zero attached hydrogens (tertiary/aromatic N) is 3. The zero-order valence-electron chi connectivity index (χ0n) is 10.2. The highest BCUT2D eigenvalue weighted by atomic mass is 35.5. The number of aromatic nitrogens is 2. The molecule has 1 aliphatic rings. The normalized spacial score (nSPS) is 15.7. The summed E-state index contributed by atoms with van der Waals surface area (Å²) >= 11 is 6.24. The molecule has 0 saturated carbocycles. The molecule has 1 saturated heterocycles. The maximum Gasteiger partial charge on any atom is 0.441 e. The smallest absolute Gasteiger partial charge is 0.395 e. The quantitative estimate of drug-likeness (QED) is 0.885. The van der Waals surface area contributed by atoms with Gasteiger partial charge in [-0.3, -0.25) is 0 Å². The lowest BCUT2D eigenvalue weighted by Crippen LogP contribution is -2.43. The first-order valence-corrected chi connectivity index (χ1v) is 6.42. The third kappa shape index (κ3) is 2.36. The summed E-state index contributed by atoms with van der Waals surface area (Å²) in [5.74, 6) is -0.506. The fraction of sp³-hybridized carbons (Fsp3) is 0.333. The van der Waals surface area contributed by atoms with E-state index in [1.807, 2.05) is 6.07 Å². The Bertz CT molecular complexity index is 631. The van der Waals surface area contributed by atoms with Gasteiger partial charge in [-0.2, -0.15) is 4.68 Å². The van der Waals surface area contributed by atoms with E-state index >= 15 is 0 Å². The minimum absolute atomic E-state index is 0.506. The molecular formula is C12H13ClN4O2. The first-order chi connectivity index (χ1) is 9.25. The molecule has 3 rings (SSSR count). The molecule has 1 aromatic carbocycles. The van der Waals surface area contributed by atoms with Crippen molar-refractivity contribution in [3.8, 4) is 5.69 Å². The predicted molar refractivity (Wildman–Crippen MR) is 72.2 cm³/mol. The summed E-state index contributed by atoms with van der Waals surface area (Å²) in [5, 5.41) is 7.82. The van der Waals surface area contributed by atoms with Crippen LogP contribution in [0.4, 0.5) is 5.69 Å². The molecule has 2 heterocycles. The van der Waals surface area contributed by atoms with Crippen LogP contribution in [0, 0.1) is 0 Å². The van der Waals surface area contributed by atoms with Crippen molar-refractivity contribution in [1.82, 2.24) is 15.1 Å². The highest BCUT2D eigenvalue weighted by Gasteiger charge is 2.15. The van der Waals surface area contributed by atoms with E-state index in [1.54, 1.807) is 12.1 Å². The van der Waals surface area contributed by atoms with E-state index in [0.29, 0.717) is 10.7 Å². The Morgan fingerprint density at radius 3 is 2.79 bits per heavy atom. The second-order valence-corrected chi connectivity index (χ2v) is 4.70. The molecule has 1 aromatic heterocycles. The summed E-state index contributed by atoms with van der Waals surface area (Å²) in [7, 11) is 0. The Morgan fingerprint density at radius 1 is 1.32 bits per heavy atom. The number of hydrogen-bond acceptors (Lipinski definition) is 5. The van der Waals surface area contributed by atoms with Crippen molar-refractivity contribution < 1.29 is 4.42 Å². The molecule has 100 valence electrons. The van der Waals surface area contributed by atoms with Gasteiger partial charge in [0.25, 0.3) is 0 Å². The molecular weight excluding hydrogens is 268 g/mol. The summed E-state index contributed by atoms with van der Waals surface area (Å²) < 4.78 is 5.88. The number of benzene rings is 1. The Hall–Kier alpha value is -1.79. The van der Waals surface area contributed by atoms with Crippen molar-refractivity contribution in [3.05, 3.63) is 40.2 Å². The van der Waals surface area contributed by atoms with Gasteiger partial charge < -0.3 is 14.6 Å². The predicted octanol–water partition coefficient (Wildman–Crippen LogP) is 0.888. The molecule has 0 bridgehead atoms. The summed E-state index contributed by atoms with van der Waals surface area (Å²) in [6.07, 6.45) is 1.13. The third-order valence-corrected chi connectivity index (χ3v) is 3.44. The van der Waals surface area contributed by atoms with Crippen LogP contribution < -0.4 is 16.0 Å². The highest BCUT2D eigenvalue weighted by molar-refractivity contribution is 6.33. The second kappa shape index (κ2) is 5.07. The maximum absolute atomic E-state index is 11.5. The van der Waals surface area contributed by atoms with Crippen LogP contribution in [-0.2, 0) is 0 Å². The molecule has 2 aromatic rings. The molecule has 0 spiro atoms. The Labute approximate surface area is 114 Å². The van der Waals surface area contributed by atoms with E-state index in [9.17, 15) is 4.79 Å². The lowest BCUT2D eigenvalue weighted by molar-refractivity contribution is 0.503. The van der Waals surface area contributed by atoms with E-state index in [-0.39, 0.29) is 0 Å². The van der Waals surface area contributed by atoms with E-state index in [1.165, 1.54) is 4.68 Å². The lowest BCUT2D eigenvalue weighted by Gasteiger charge is -2.30. The molecule has 0 atom stereocenters. The van der Waals surface area contributed by atoms with Crippen LogP contribution in [0.2, 0.25) is 5.02 Å². The van der Waals surface area contributed by atoms with Crippen LogP contribution in [0.15, 0.2) is 33.8 Å². The molecule has 0 unspecified atom stereocenters. The minimum Gasteiger partial charge on any atom is -0.395 e. The first-order valence-electron chi connectivity index (χ1n) is 6.04. The van der Waals surface area contributed by atoms with Crippen molar-refractivity contribution in [2.45, 2.75) is 0 Å². The van der Waals surface area contributed by atoms with Gasteiger partial charge in [-0.25, -0.2) is 4.79 Å². The summed E-state index contributed by atoms with van der Waals surface area (Å²) in [5.41, 5.74) is 1.56. The van der Waals surface area contributed by atoms with Crippen molar-refractivity contribution in [2.24, 2.45) is 0 Å². The van der Waals surface area contributed by atoms with Crippen molar-refractivity contribution in [1.29, 1.82) is 0 Å². The Morgan fingerprint density at radius 2 is 2.11 bits per heavy atom. The maximum atomic E-state index is 11.5. The van der Waals surface area contributed by atoms with Gasteiger partial charge in [0.1, 0.15) is 0 Å². The van der Waals surface area contributed by atoms with Gasteiger partial charge in [0, 0.05) is 26.2 Å². The van der Waals surface area contributed by atoms with Crippen molar-refractivity contribution >= 4 is 17.3 Å². The van der Waals surface area contributed by atoms with Crippen LogP contribution in [-0.4, -0.2) is 36.0 Å². The summed E-state index contributed by atoms with van der Waals surface area (Å²) in [6, 6.07) is 5.38. The fourth-order valence-corrected chi connectivity index (χ4v) is 2.40. The minimum atomic E-state index is -0.506. The van der Waals surface area contributed by atoms with Crippen LogP contribution in [0.3, 0.4) is 0 Å². The van der Waals surface area contributed by atoms with E-state index in [0.717, 1.165) is 38.3 Å². The number of halogens is 1. The molecule has 0 aliphatic carbocycles. The monoisotopic (exact) mass is 280 g/mol. The van der Waals surface area contributed by atoms with Gasteiger partial charge in [0.05, 0.1) is 16.4 Å². The lowest BCUT2D eigenvalue weighted by atomic mass is 10.2. The van der Waals surface area contributed by atoms with E-state index < -0.39 is 5.76 Å². The van der Waals surface area contributed by atoms with Gasteiger partial charge in [0.15, 0.2) is 0 Å². The first kappa shape index (κ1) is 12.3. The van der Waals surface area contributed by atoms with Crippen molar-refractivity contribution in [2.75, 3.05) is 31.1 Å². The molecule has 19 heavy (non-hydrogen) atoms. The molecule has 1 N–H and O–H groups in total. The molecule has 7 heteroatoms. The summed E-state index contributed by atoms with van der Waals surface area (Å²) in [4.78, 5) is 13.7. The number of rotatable bonds is 2.